The molecule has 0 fully saturated rings. The number of carbonyl (C=O) groups is 1. The molecule has 1 aromatic heterocycles. The number of fused-ring (bicyclic) bond motifs is 1. The van der Waals surface area contributed by atoms with Gasteiger partial charge in [-0.2, -0.15) is 5.10 Å². The van der Waals surface area contributed by atoms with E-state index in [1.54, 1.807) is 25.1 Å². The third kappa shape index (κ3) is 3.82. The zero-order chi connectivity index (χ0) is 18.1. The second-order valence-electron chi connectivity index (χ2n) is 5.51. The molecule has 3 nitrogen and oxygen atoms in total. The average molecular weight is 412 g/mol. The van der Waals surface area contributed by atoms with E-state index in [2.05, 4.69) is 10.5 Å². The van der Waals surface area contributed by atoms with Crippen LogP contribution in [0.2, 0.25) is 15.1 Å². The SMILES string of the molecule is CC(=NNC(=O)c1sc2cc(C)ccc2c1Cl)c1ccc(Cl)c(Cl)c1. The number of nitrogens with one attached hydrogen (secondary N) is 1. The third-order valence-electron chi connectivity index (χ3n) is 3.65. The number of aryl methyl sites for hydroxylation is 1. The van der Waals surface area contributed by atoms with Crippen molar-refractivity contribution < 1.29 is 4.79 Å². The number of benzene rings is 2. The Hall–Kier alpha value is -1.59. The minimum Gasteiger partial charge on any atom is -0.266 e. The Balaban J connectivity index is 1.84. The zero-order valence-corrected chi connectivity index (χ0v) is 16.4. The van der Waals surface area contributed by atoms with Gasteiger partial charge in [0.15, 0.2) is 0 Å². The lowest BCUT2D eigenvalue weighted by Gasteiger charge is -2.04. The van der Waals surface area contributed by atoms with Gasteiger partial charge in [-0.25, -0.2) is 5.43 Å². The molecular formula is C18H13Cl3N2OS. The van der Waals surface area contributed by atoms with E-state index < -0.39 is 0 Å². The molecule has 2 aromatic carbocycles. The molecule has 0 spiro atoms. The highest BCUT2D eigenvalue weighted by molar-refractivity contribution is 7.21. The fourth-order valence-corrected chi connectivity index (χ4v) is 4.09. The van der Waals surface area contributed by atoms with E-state index >= 15 is 0 Å². The van der Waals surface area contributed by atoms with Crippen molar-refractivity contribution in [3.8, 4) is 0 Å². The zero-order valence-electron chi connectivity index (χ0n) is 13.4. The summed E-state index contributed by atoms with van der Waals surface area (Å²) in [6, 6.07) is 11.1. The fourth-order valence-electron chi connectivity index (χ4n) is 2.29. The van der Waals surface area contributed by atoms with Gasteiger partial charge in [-0.05, 0) is 43.2 Å². The average Bonchev–Trinajstić information content (AvgIpc) is 2.91. The molecule has 0 aliphatic carbocycles. The minimum absolute atomic E-state index is 0.344. The molecule has 1 heterocycles. The van der Waals surface area contributed by atoms with Crippen molar-refractivity contribution in [1.29, 1.82) is 0 Å². The maximum absolute atomic E-state index is 12.4. The van der Waals surface area contributed by atoms with Crippen LogP contribution in [0.25, 0.3) is 10.1 Å². The van der Waals surface area contributed by atoms with Crippen LogP contribution in [0.1, 0.15) is 27.7 Å². The summed E-state index contributed by atoms with van der Waals surface area (Å²) >= 11 is 19.6. The molecule has 1 N–H and O–H groups in total. The molecule has 0 bridgehead atoms. The largest absolute Gasteiger partial charge is 0.283 e. The Morgan fingerprint density at radius 1 is 1.08 bits per heavy atom. The van der Waals surface area contributed by atoms with Crippen molar-refractivity contribution in [1.82, 2.24) is 5.43 Å². The van der Waals surface area contributed by atoms with E-state index in [1.807, 2.05) is 25.1 Å². The standard InChI is InChI=1S/C18H13Cl3N2OS/c1-9-3-5-12-15(7-9)25-17(16(12)21)18(24)23-22-10(2)11-4-6-13(19)14(20)8-11/h3-8H,1-2H3,(H,23,24). The van der Waals surface area contributed by atoms with Crippen molar-refractivity contribution in [3.63, 3.8) is 0 Å². The number of hydrogen-bond donors (Lipinski definition) is 1. The number of hydrazone groups is 1. The predicted molar refractivity (Wildman–Crippen MR) is 108 cm³/mol. The maximum Gasteiger partial charge on any atom is 0.283 e. The van der Waals surface area contributed by atoms with Gasteiger partial charge in [-0.15, -0.1) is 11.3 Å². The van der Waals surface area contributed by atoms with Crippen LogP contribution in [0.3, 0.4) is 0 Å². The van der Waals surface area contributed by atoms with E-state index in [4.69, 9.17) is 34.8 Å². The quantitative estimate of drug-likeness (QED) is 0.397. The first-order valence-corrected chi connectivity index (χ1v) is 9.30. The molecule has 0 aliphatic rings. The Morgan fingerprint density at radius 2 is 1.84 bits per heavy atom. The monoisotopic (exact) mass is 410 g/mol. The van der Waals surface area contributed by atoms with Gasteiger partial charge in [0.2, 0.25) is 0 Å². The van der Waals surface area contributed by atoms with Crippen molar-refractivity contribution in [2.24, 2.45) is 5.10 Å². The number of amides is 1. The third-order valence-corrected chi connectivity index (χ3v) is 6.05. The van der Waals surface area contributed by atoms with Gasteiger partial charge < -0.3 is 0 Å². The predicted octanol–water partition coefficient (Wildman–Crippen LogP) is 6.32. The molecule has 0 aliphatic heterocycles. The number of carbonyl (C=O) groups excluding carboxylic acids is 1. The Morgan fingerprint density at radius 3 is 2.56 bits per heavy atom. The molecule has 128 valence electrons. The molecule has 0 radical (unpaired) electrons. The number of rotatable bonds is 3. The molecule has 0 unspecified atom stereocenters. The van der Waals surface area contributed by atoms with Crippen molar-refractivity contribution in [3.05, 3.63) is 67.5 Å². The molecule has 0 saturated carbocycles. The van der Waals surface area contributed by atoms with Gasteiger partial charge >= 0.3 is 0 Å². The summed E-state index contributed by atoms with van der Waals surface area (Å²) in [5.74, 6) is -0.344. The van der Waals surface area contributed by atoms with Crippen molar-refractivity contribution >= 4 is 67.8 Å². The van der Waals surface area contributed by atoms with Crippen molar-refractivity contribution in [2.45, 2.75) is 13.8 Å². The fraction of sp³-hybridized carbons (Fsp3) is 0.111. The number of nitrogens with zero attached hydrogens (tertiary/aromatic N) is 1. The topological polar surface area (TPSA) is 41.5 Å². The Labute approximate surface area is 164 Å². The van der Waals surface area contributed by atoms with Crippen LogP contribution in [0.4, 0.5) is 0 Å². The van der Waals surface area contributed by atoms with Crippen LogP contribution < -0.4 is 5.43 Å². The summed E-state index contributed by atoms with van der Waals surface area (Å²) < 4.78 is 0.973. The maximum atomic E-state index is 12.4. The summed E-state index contributed by atoms with van der Waals surface area (Å²) in [6.07, 6.45) is 0. The molecule has 1 amide bonds. The van der Waals surface area contributed by atoms with Gasteiger partial charge in [-0.1, -0.05) is 53.0 Å². The van der Waals surface area contributed by atoms with Crippen LogP contribution in [0.15, 0.2) is 41.5 Å². The summed E-state index contributed by atoms with van der Waals surface area (Å²) in [7, 11) is 0. The number of hydrogen-bond acceptors (Lipinski definition) is 3. The molecule has 7 heteroatoms. The van der Waals surface area contributed by atoms with Crippen LogP contribution in [0.5, 0.6) is 0 Å². The molecular weight excluding hydrogens is 399 g/mol. The van der Waals surface area contributed by atoms with Gasteiger partial charge in [0, 0.05) is 10.1 Å². The molecule has 25 heavy (non-hydrogen) atoms. The van der Waals surface area contributed by atoms with Crippen molar-refractivity contribution in [2.75, 3.05) is 0 Å². The molecule has 3 rings (SSSR count). The van der Waals surface area contributed by atoms with Gasteiger partial charge in [0.25, 0.3) is 5.91 Å². The lowest BCUT2D eigenvalue weighted by atomic mass is 10.1. The number of thiophene rings is 1. The minimum atomic E-state index is -0.344. The molecule has 3 aromatic rings. The van der Waals surface area contributed by atoms with Crippen LogP contribution in [-0.2, 0) is 0 Å². The summed E-state index contributed by atoms with van der Waals surface area (Å²) in [4.78, 5) is 12.9. The highest BCUT2D eigenvalue weighted by Gasteiger charge is 2.17. The first kappa shape index (κ1) is 18.2. The highest BCUT2D eigenvalue weighted by Crippen LogP contribution is 2.35. The Bertz CT molecular complexity index is 1010. The molecule has 0 saturated heterocycles. The lowest BCUT2D eigenvalue weighted by molar-refractivity contribution is 0.0959. The van der Waals surface area contributed by atoms with Gasteiger partial charge in [0.1, 0.15) is 4.88 Å². The normalized spacial score (nSPS) is 11.8. The first-order chi connectivity index (χ1) is 11.9. The highest BCUT2D eigenvalue weighted by atomic mass is 35.5. The second kappa shape index (κ2) is 7.34. The van der Waals surface area contributed by atoms with Crippen LogP contribution >= 0.6 is 46.1 Å². The Kier molecular flexibility index (Phi) is 5.35. The summed E-state index contributed by atoms with van der Waals surface area (Å²) in [6.45, 7) is 3.77. The second-order valence-corrected chi connectivity index (χ2v) is 7.76. The summed E-state index contributed by atoms with van der Waals surface area (Å²) in [5.41, 5.74) is 5.05. The van der Waals surface area contributed by atoms with Crippen LogP contribution in [-0.4, -0.2) is 11.6 Å². The first-order valence-electron chi connectivity index (χ1n) is 7.35. The summed E-state index contributed by atoms with van der Waals surface area (Å²) in [5, 5.41) is 6.35. The van der Waals surface area contributed by atoms with E-state index in [-0.39, 0.29) is 5.91 Å². The molecule has 0 atom stereocenters. The van der Waals surface area contributed by atoms with E-state index in [0.29, 0.717) is 25.7 Å². The van der Waals surface area contributed by atoms with Gasteiger partial charge in [0.05, 0.1) is 20.8 Å². The van der Waals surface area contributed by atoms with Gasteiger partial charge in [-0.3, -0.25) is 4.79 Å². The van der Waals surface area contributed by atoms with E-state index in [0.717, 1.165) is 21.2 Å². The van der Waals surface area contributed by atoms with Crippen LogP contribution in [0, 0.1) is 6.92 Å². The smallest absolute Gasteiger partial charge is 0.266 e. The lowest BCUT2D eigenvalue weighted by Crippen LogP contribution is -2.18. The van der Waals surface area contributed by atoms with E-state index in [9.17, 15) is 4.79 Å². The van der Waals surface area contributed by atoms with E-state index in [1.165, 1.54) is 11.3 Å². The number of halogens is 3.